The van der Waals surface area contributed by atoms with Crippen molar-refractivity contribution in [2.24, 2.45) is 12.5 Å². The maximum atomic E-state index is 14.6. The molecule has 0 aliphatic heterocycles. The number of pyridine rings is 1. The van der Waals surface area contributed by atoms with E-state index in [9.17, 15) is 26.6 Å². The first-order chi connectivity index (χ1) is 21.4. The number of allylic oxidation sites excluding steroid dienone is 1. The summed E-state index contributed by atoms with van der Waals surface area (Å²) < 4.78 is 72.7. The minimum absolute atomic E-state index is 0.0354. The molecule has 0 saturated heterocycles. The van der Waals surface area contributed by atoms with Crippen molar-refractivity contribution in [2.75, 3.05) is 0 Å². The van der Waals surface area contributed by atoms with E-state index in [1.807, 2.05) is 10.4 Å². The molecular weight excluding hydrogens is 610 g/mol. The minimum atomic E-state index is -4.65. The Labute approximate surface area is 256 Å². The van der Waals surface area contributed by atoms with Crippen LogP contribution in [-0.2, 0) is 29.4 Å². The van der Waals surface area contributed by atoms with Gasteiger partial charge in [0.05, 0.1) is 44.5 Å². The van der Waals surface area contributed by atoms with Gasteiger partial charge in [-0.05, 0) is 92.4 Å². The monoisotopic (exact) mass is 639 g/mol. The molecule has 1 unspecified atom stereocenters. The van der Waals surface area contributed by atoms with Gasteiger partial charge in [-0.2, -0.15) is 28.2 Å². The van der Waals surface area contributed by atoms with Crippen LogP contribution in [-0.4, -0.2) is 62.0 Å². The summed E-state index contributed by atoms with van der Waals surface area (Å²) in [4.78, 5) is 20.0. The fourth-order valence-electron chi connectivity index (χ4n) is 6.76. The first-order valence-electron chi connectivity index (χ1n) is 14.5. The van der Waals surface area contributed by atoms with E-state index in [1.54, 1.807) is 30.1 Å². The van der Waals surface area contributed by atoms with E-state index >= 15 is 0 Å². The van der Waals surface area contributed by atoms with Crippen molar-refractivity contribution in [3.63, 3.8) is 0 Å². The zero-order valence-corrected chi connectivity index (χ0v) is 25.1. The Morgan fingerprint density at radius 2 is 1.84 bits per heavy atom. The molecule has 0 spiro atoms. The van der Waals surface area contributed by atoms with Crippen molar-refractivity contribution in [1.82, 2.24) is 34.1 Å². The Hall–Kier alpha value is -4.17. The summed E-state index contributed by atoms with van der Waals surface area (Å²) in [5.41, 5.74) is 0.287. The number of ketones is 1. The number of hydrogen-bond donors (Lipinski definition) is 0. The van der Waals surface area contributed by atoms with E-state index in [4.69, 9.17) is 0 Å². The van der Waals surface area contributed by atoms with Gasteiger partial charge in [0.15, 0.2) is 10.8 Å². The van der Waals surface area contributed by atoms with Crippen LogP contribution in [0.3, 0.4) is 0 Å². The molecule has 234 valence electrons. The third-order valence-electron chi connectivity index (χ3n) is 8.97. The second-order valence-corrected chi connectivity index (χ2v) is 14.0. The minimum Gasteiger partial charge on any atom is -0.291 e. The third kappa shape index (κ3) is 5.09. The van der Waals surface area contributed by atoms with E-state index in [2.05, 4.69) is 26.2 Å². The number of Topliss-reactive ketones (excluding diaryl/α,β-unsaturated/α-hetero) is 1. The van der Waals surface area contributed by atoms with Crippen LogP contribution in [0.5, 0.6) is 0 Å². The highest BCUT2D eigenvalue weighted by molar-refractivity contribution is 7.98. The smallest absolute Gasteiger partial charge is 0.291 e. The van der Waals surface area contributed by atoms with Gasteiger partial charge < -0.3 is 0 Å². The Morgan fingerprint density at radius 1 is 1.09 bits per heavy atom. The van der Waals surface area contributed by atoms with Gasteiger partial charge in [-0.25, -0.2) is 17.6 Å². The lowest BCUT2D eigenvalue weighted by molar-refractivity contribution is -0.137. The maximum absolute atomic E-state index is 14.6. The van der Waals surface area contributed by atoms with Gasteiger partial charge >= 0.3 is 6.18 Å². The van der Waals surface area contributed by atoms with Crippen LogP contribution >= 0.6 is 0 Å². The number of aromatic nitrogens is 6. The molecule has 14 heteroatoms. The summed E-state index contributed by atoms with van der Waals surface area (Å²) in [6.07, 6.45) is 4.21. The molecule has 7 rings (SSSR count). The van der Waals surface area contributed by atoms with Crippen LogP contribution in [0.15, 0.2) is 65.6 Å². The van der Waals surface area contributed by atoms with Gasteiger partial charge in [0.1, 0.15) is 11.5 Å². The molecule has 3 aliphatic rings. The zero-order valence-electron chi connectivity index (χ0n) is 24.2. The topological polar surface area (TPSA) is 98.8 Å². The number of hydrogen-bond acceptors (Lipinski definition) is 6. The predicted molar refractivity (Wildman–Crippen MR) is 158 cm³/mol. The number of nitrogens with zero attached hydrogens (tertiary/aromatic N) is 7. The van der Waals surface area contributed by atoms with Crippen LogP contribution in [0.2, 0.25) is 0 Å². The van der Waals surface area contributed by atoms with Crippen LogP contribution in [0.4, 0.5) is 17.6 Å². The molecule has 2 saturated carbocycles. The molecule has 0 bridgehead atoms. The number of fused-ring (bicyclic) bond motifs is 2. The fourth-order valence-corrected chi connectivity index (χ4v) is 8.78. The number of carbonyl (C=O) groups is 1. The Bertz CT molecular complexity index is 1940. The van der Waals surface area contributed by atoms with Gasteiger partial charge in [0.2, 0.25) is 0 Å². The first-order valence-corrected chi connectivity index (χ1v) is 16.2. The molecule has 3 aliphatic carbocycles. The highest BCUT2D eigenvalue weighted by Gasteiger charge is 2.53. The molecule has 1 aromatic carbocycles. The average molecular weight is 640 g/mol. The van der Waals surface area contributed by atoms with Crippen molar-refractivity contribution >= 4 is 27.4 Å². The largest absolute Gasteiger partial charge is 0.416 e. The molecule has 9 nitrogen and oxygen atoms in total. The molecule has 4 aromatic rings. The van der Waals surface area contributed by atoms with Crippen LogP contribution < -0.4 is 0 Å². The van der Waals surface area contributed by atoms with E-state index in [0.717, 1.165) is 42.4 Å². The molecule has 0 radical (unpaired) electrons. The van der Waals surface area contributed by atoms with Crippen molar-refractivity contribution in [1.29, 1.82) is 0 Å². The molecule has 3 heterocycles. The lowest BCUT2D eigenvalue weighted by Gasteiger charge is -2.47. The van der Waals surface area contributed by atoms with Crippen molar-refractivity contribution in [3.8, 4) is 5.69 Å². The van der Waals surface area contributed by atoms with E-state index in [0.29, 0.717) is 24.1 Å². The van der Waals surface area contributed by atoms with Gasteiger partial charge in [-0.15, -0.1) is 5.10 Å². The lowest BCUT2D eigenvalue weighted by atomic mass is 9.60. The summed E-state index contributed by atoms with van der Waals surface area (Å²) >= 11 is 0. The van der Waals surface area contributed by atoms with Crippen LogP contribution in [0.1, 0.15) is 59.4 Å². The van der Waals surface area contributed by atoms with Gasteiger partial charge in [-0.3, -0.25) is 9.78 Å². The summed E-state index contributed by atoms with van der Waals surface area (Å²) in [6.45, 7) is 0. The standard InChI is InChI=1S/C31H29F4N7O2S/c1-40-37-18-28(39-40)45(2,44)42(24-9-10-24)25-6-3-20-14-27-19(17-38-41(27)23-7-4-22(32)5-8-23)15-30(20,16-25)29(43)26-13-21(11-12-36-26)31(33,34)35/h4-5,7-8,11-14,17-18,24-25H,2-3,6,9-10,15-16H2,1H3/t25-,30-,45?/m0/s1. The van der Waals surface area contributed by atoms with Crippen molar-refractivity contribution in [2.45, 2.75) is 61.8 Å². The number of rotatable bonds is 7. The Kier molecular flexibility index (Phi) is 6.85. The maximum Gasteiger partial charge on any atom is 0.416 e. The van der Waals surface area contributed by atoms with Crippen molar-refractivity contribution < 1.29 is 26.6 Å². The van der Waals surface area contributed by atoms with Gasteiger partial charge in [-0.1, -0.05) is 5.57 Å². The Balaban J connectivity index is 1.33. The SMILES string of the molecule is C=S(=O)(c1cnn(C)n1)N(C1CC1)[C@H]1CCC2=Cc3c(cnn3-c3ccc(F)cc3)C[C@]2(C(=O)c2cc(C(F)(F)F)ccn2)C1. The molecule has 3 aromatic heterocycles. The average Bonchev–Trinajstić information content (AvgIpc) is 3.59. The number of halogens is 4. The second-order valence-electron chi connectivity index (χ2n) is 11.9. The number of carbonyl (C=O) groups excluding carboxylic acids is 1. The highest BCUT2D eigenvalue weighted by Crippen LogP contribution is 2.52. The number of benzene rings is 1. The van der Waals surface area contributed by atoms with E-state index in [-0.39, 0.29) is 35.6 Å². The zero-order chi connectivity index (χ0) is 31.7. The van der Waals surface area contributed by atoms with Crippen LogP contribution in [0, 0.1) is 11.2 Å². The van der Waals surface area contributed by atoms with Gasteiger partial charge in [0.25, 0.3) is 0 Å². The first kappa shape index (κ1) is 29.5. The summed E-state index contributed by atoms with van der Waals surface area (Å²) in [6, 6.07) is 7.09. The molecule has 0 N–H and O–H groups in total. The summed E-state index contributed by atoms with van der Waals surface area (Å²) in [7, 11) is -1.47. The molecule has 0 amide bonds. The fraction of sp³-hybridized carbons (Fsp3) is 0.355. The van der Waals surface area contributed by atoms with E-state index < -0.39 is 38.5 Å². The summed E-state index contributed by atoms with van der Waals surface area (Å²) in [5.74, 6) is 3.18. The number of aryl methyl sites for hydroxylation is 1. The quantitative estimate of drug-likeness (QED) is 0.159. The third-order valence-corrected chi connectivity index (χ3v) is 11.1. The molecule has 3 atom stereocenters. The lowest BCUT2D eigenvalue weighted by Crippen LogP contribution is -2.51. The van der Waals surface area contributed by atoms with E-state index in [1.165, 1.54) is 23.1 Å². The normalized spacial score (nSPS) is 22.8. The molecule has 2 fully saturated rings. The van der Waals surface area contributed by atoms with Gasteiger partial charge in [0, 0.05) is 25.3 Å². The molecule has 45 heavy (non-hydrogen) atoms. The summed E-state index contributed by atoms with van der Waals surface area (Å²) in [5, 5.41) is 13.1. The predicted octanol–water partition coefficient (Wildman–Crippen LogP) is 5.07. The van der Waals surface area contributed by atoms with Crippen molar-refractivity contribution in [3.05, 3.63) is 88.9 Å². The Morgan fingerprint density at radius 3 is 2.51 bits per heavy atom. The van der Waals surface area contributed by atoms with Crippen LogP contribution in [0.25, 0.3) is 11.8 Å². The highest BCUT2D eigenvalue weighted by atomic mass is 32.2. The number of alkyl halides is 3. The molecular formula is C31H29F4N7O2S. The second kappa shape index (κ2) is 10.4.